The van der Waals surface area contributed by atoms with E-state index >= 15 is 0 Å². The van der Waals surface area contributed by atoms with Crippen LogP contribution < -0.4 is 0 Å². The number of nitrogens with zero attached hydrogens (tertiary/aromatic N) is 3. The van der Waals surface area contributed by atoms with E-state index in [2.05, 4.69) is 152 Å². The van der Waals surface area contributed by atoms with Crippen LogP contribution in [0, 0.1) is 0 Å². The van der Waals surface area contributed by atoms with E-state index in [0.717, 1.165) is 60.5 Å². The maximum absolute atomic E-state index is 6.58. The smallest absolute Gasteiger partial charge is 0.164 e. The molecule has 0 aliphatic carbocycles. The van der Waals surface area contributed by atoms with Gasteiger partial charge in [-0.3, -0.25) is 0 Å². The van der Waals surface area contributed by atoms with Crippen molar-refractivity contribution in [2.45, 2.75) is 0 Å². The van der Waals surface area contributed by atoms with E-state index in [0.29, 0.717) is 17.5 Å². The van der Waals surface area contributed by atoms with Crippen molar-refractivity contribution >= 4 is 75.0 Å². The van der Waals surface area contributed by atoms with Gasteiger partial charge < -0.3 is 4.42 Å². The highest BCUT2D eigenvalue weighted by Gasteiger charge is 2.20. The summed E-state index contributed by atoms with van der Waals surface area (Å²) in [4.78, 5) is 15.7. The molecule has 0 unspecified atom stereocenters. The minimum absolute atomic E-state index is 0.599. The summed E-state index contributed by atoms with van der Waals surface area (Å²) in [5, 5.41) is 9.15. The number of hydrogen-bond acceptors (Lipinski definition) is 5. The van der Waals surface area contributed by atoms with Crippen molar-refractivity contribution in [2.24, 2.45) is 0 Å². The molecule has 0 N–H and O–H groups in total. The summed E-state index contributed by atoms with van der Waals surface area (Å²) in [5.41, 5.74) is 6.54. The molecule has 11 rings (SSSR count). The molecule has 242 valence electrons. The predicted molar refractivity (Wildman–Crippen MR) is 217 cm³/mol. The molecular weight excluding hydrogens is 655 g/mol. The SMILES string of the molecule is c1ccc2cc(-c3nc(-c4ccc5ccccc5c4)nc(-c4cc(-c5ccc6sc7ccccc7c6c5)cc5oc6ccccc6c45)n3)ccc2c1. The highest BCUT2D eigenvalue weighted by atomic mass is 32.1. The molecule has 5 heteroatoms. The van der Waals surface area contributed by atoms with E-state index in [1.54, 1.807) is 0 Å². The van der Waals surface area contributed by atoms with E-state index in [4.69, 9.17) is 19.4 Å². The molecule has 4 nitrogen and oxygen atoms in total. The van der Waals surface area contributed by atoms with Gasteiger partial charge in [0.1, 0.15) is 11.2 Å². The molecule has 8 aromatic carbocycles. The fourth-order valence-electron chi connectivity index (χ4n) is 7.51. The second-order valence-electron chi connectivity index (χ2n) is 13.2. The standard InChI is InChI=1S/C47H27N3OS/c1-3-11-30-23-33(19-17-28(30)9-1)45-48-46(34-20-18-29-10-2-4-12-31(29)24-34)50-47(49-45)39-26-35(27-41-44(39)37-14-5-7-15-40(37)51-41)32-21-22-43-38(25-32)36-13-6-8-16-42(36)52-43/h1-27H. The molecule has 0 radical (unpaired) electrons. The second-order valence-corrected chi connectivity index (χ2v) is 14.3. The molecule has 0 aliphatic heterocycles. The average Bonchev–Trinajstić information content (AvgIpc) is 3.78. The van der Waals surface area contributed by atoms with Crippen LogP contribution in [0.5, 0.6) is 0 Å². The third-order valence-electron chi connectivity index (χ3n) is 10.1. The lowest BCUT2D eigenvalue weighted by Crippen LogP contribution is -2.01. The summed E-state index contributed by atoms with van der Waals surface area (Å²) in [6.45, 7) is 0. The van der Waals surface area contributed by atoms with E-state index in [1.807, 2.05) is 23.5 Å². The first-order valence-corrected chi connectivity index (χ1v) is 18.2. The maximum Gasteiger partial charge on any atom is 0.164 e. The Morgan fingerprint density at radius 1 is 0.365 bits per heavy atom. The van der Waals surface area contributed by atoms with Gasteiger partial charge in [-0.1, -0.05) is 115 Å². The molecule has 3 heterocycles. The lowest BCUT2D eigenvalue weighted by atomic mass is 9.97. The first kappa shape index (κ1) is 29.1. The van der Waals surface area contributed by atoms with Gasteiger partial charge in [-0.15, -0.1) is 11.3 Å². The van der Waals surface area contributed by atoms with E-state index < -0.39 is 0 Å². The quantitative estimate of drug-likeness (QED) is 0.185. The van der Waals surface area contributed by atoms with Crippen LogP contribution in [0.4, 0.5) is 0 Å². The summed E-state index contributed by atoms with van der Waals surface area (Å²) >= 11 is 1.83. The van der Waals surface area contributed by atoms with Crippen molar-refractivity contribution < 1.29 is 4.42 Å². The highest BCUT2D eigenvalue weighted by Crippen LogP contribution is 2.42. The Bertz CT molecular complexity index is 3110. The topological polar surface area (TPSA) is 51.8 Å². The van der Waals surface area contributed by atoms with Gasteiger partial charge in [0, 0.05) is 47.6 Å². The summed E-state index contributed by atoms with van der Waals surface area (Å²) in [6, 6.07) is 57.5. The Balaban J connectivity index is 1.19. The number of benzene rings is 8. The summed E-state index contributed by atoms with van der Waals surface area (Å²) < 4.78 is 9.14. The molecule has 0 amide bonds. The maximum atomic E-state index is 6.58. The number of rotatable bonds is 4. The minimum atomic E-state index is 0.599. The molecule has 0 fully saturated rings. The molecular formula is C47H27N3OS. The van der Waals surface area contributed by atoms with Gasteiger partial charge >= 0.3 is 0 Å². The normalized spacial score (nSPS) is 11.8. The lowest BCUT2D eigenvalue weighted by molar-refractivity contribution is 0.669. The van der Waals surface area contributed by atoms with Gasteiger partial charge in [0.25, 0.3) is 0 Å². The van der Waals surface area contributed by atoms with Crippen molar-refractivity contribution in [3.63, 3.8) is 0 Å². The molecule has 0 saturated carbocycles. The van der Waals surface area contributed by atoms with Gasteiger partial charge in [0.05, 0.1) is 0 Å². The van der Waals surface area contributed by atoms with Gasteiger partial charge in [-0.2, -0.15) is 0 Å². The van der Waals surface area contributed by atoms with Crippen molar-refractivity contribution in [3.05, 3.63) is 164 Å². The van der Waals surface area contributed by atoms with Crippen LogP contribution >= 0.6 is 11.3 Å². The molecule has 11 aromatic rings. The number of aromatic nitrogens is 3. The van der Waals surface area contributed by atoms with Crippen molar-refractivity contribution in [2.75, 3.05) is 0 Å². The zero-order valence-electron chi connectivity index (χ0n) is 27.7. The first-order chi connectivity index (χ1) is 25.7. The second kappa shape index (κ2) is 11.4. The molecule has 0 aliphatic rings. The number of furan rings is 1. The lowest BCUT2D eigenvalue weighted by Gasteiger charge is -2.12. The Morgan fingerprint density at radius 2 is 0.942 bits per heavy atom. The van der Waals surface area contributed by atoms with E-state index in [1.165, 1.54) is 30.9 Å². The van der Waals surface area contributed by atoms with Crippen LogP contribution in [0.3, 0.4) is 0 Å². The molecule has 0 bridgehead atoms. The largest absolute Gasteiger partial charge is 0.456 e. The number of fused-ring (bicyclic) bond motifs is 8. The third-order valence-corrected chi connectivity index (χ3v) is 11.2. The zero-order valence-corrected chi connectivity index (χ0v) is 28.6. The predicted octanol–water partition coefficient (Wildman–Crippen LogP) is 13.1. The van der Waals surface area contributed by atoms with Gasteiger partial charge in [-0.25, -0.2) is 15.0 Å². The molecule has 0 saturated heterocycles. The van der Waals surface area contributed by atoms with Crippen LogP contribution in [0.2, 0.25) is 0 Å². The summed E-state index contributed by atoms with van der Waals surface area (Å²) in [5.74, 6) is 1.84. The molecule has 3 aromatic heterocycles. The van der Waals surface area contributed by atoms with Crippen LogP contribution in [-0.2, 0) is 0 Å². The average molecular weight is 682 g/mol. The molecule has 0 atom stereocenters. The van der Waals surface area contributed by atoms with Gasteiger partial charge in [0.15, 0.2) is 17.5 Å². The van der Waals surface area contributed by atoms with E-state index in [9.17, 15) is 0 Å². The number of thiophene rings is 1. The Morgan fingerprint density at radius 3 is 1.67 bits per heavy atom. The van der Waals surface area contributed by atoms with Gasteiger partial charge in [-0.05, 0) is 81.2 Å². The van der Waals surface area contributed by atoms with Crippen LogP contribution in [0.15, 0.2) is 168 Å². The summed E-state index contributed by atoms with van der Waals surface area (Å²) in [6.07, 6.45) is 0. The fraction of sp³-hybridized carbons (Fsp3) is 0. The van der Waals surface area contributed by atoms with Crippen LogP contribution in [-0.4, -0.2) is 15.0 Å². The first-order valence-electron chi connectivity index (χ1n) is 17.3. The van der Waals surface area contributed by atoms with E-state index in [-0.39, 0.29) is 0 Å². The fourth-order valence-corrected chi connectivity index (χ4v) is 8.60. The van der Waals surface area contributed by atoms with Crippen molar-refractivity contribution in [1.82, 2.24) is 15.0 Å². The van der Waals surface area contributed by atoms with Crippen LogP contribution in [0.1, 0.15) is 0 Å². The Hall–Kier alpha value is -6.69. The highest BCUT2D eigenvalue weighted by molar-refractivity contribution is 7.25. The molecule has 0 spiro atoms. The number of para-hydroxylation sites is 1. The Kier molecular flexibility index (Phi) is 6.39. The van der Waals surface area contributed by atoms with Crippen molar-refractivity contribution in [1.29, 1.82) is 0 Å². The zero-order chi connectivity index (χ0) is 34.2. The minimum Gasteiger partial charge on any atom is -0.456 e. The third kappa shape index (κ3) is 4.71. The van der Waals surface area contributed by atoms with Crippen molar-refractivity contribution in [3.8, 4) is 45.3 Å². The van der Waals surface area contributed by atoms with Gasteiger partial charge in [0.2, 0.25) is 0 Å². The monoisotopic (exact) mass is 681 g/mol. The Labute approximate surface area is 302 Å². The number of hydrogen-bond donors (Lipinski definition) is 0. The van der Waals surface area contributed by atoms with Crippen LogP contribution in [0.25, 0.3) is 109 Å². The molecule has 52 heavy (non-hydrogen) atoms. The summed E-state index contributed by atoms with van der Waals surface area (Å²) in [7, 11) is 0.